The number of hydrogen-bond acceptors (Lipinski definition) is 3. The van der Waals surface area contributed by atoms with Gasteiger partial charge in [0.05, 0.1) is 0 Å². The van der Waals surface area contributed by atoms with Crippen LogP contribution < -0.4 is 17.1 Å². The van der Waals surface area contributed by atoms with Gasteiger partial charge in [-0.3, -0.25) is 15.0 Å². The van der Waals surface area contributed by atoms with Crippen LogP contribution in [0.4, 0.5) is 0 Å². The Morgan fingerprint density at radius 3 is 0.800 bits per heavy atom. The van der Waals surface area contributed by atoms with E-state index < -0.39 is 17.1 Å². The molecule has 0 aliphatic carbocycles. The standard InChI is InChI=1S/C3H3N3O3.5Ag.O/c7-1-4-2(8)6-3(9)5-1;;;;;;/h(H3,4,5,6,7,8,9);;;;;;/q;5*+1;-2. The molecular formula is C3H3Ag5N3O4+3. The molecule has 0 aliphatic rings. The first-order valence-corrected chi connectivity index (χ1v) is 2.11. The molecule has 0 aliphatic heterocycles. The van der Waals surface area contributed by atoms with Gasteiger partial charge in [0, 0.05) is 0 Å². The smallest absolute Gasteiger partial charge is 1.00 e. The van der Waals surface area contributed by atoms with Crippen molar-refractivity contribution in [3.8, 4) is 0 Å². The van der Waals surface area contributed by atoms with Crippen molar-refractivity contribution < 1.29 is 117 Å². The van der Waals surface area contributed by atoms with Crippen LogP contribution in [0.15, 0.2) is 14.4 Å². The molecule has 1 rings (SSSR count). The Bertz CT molecular complexity index is 292. The Kier molecular flexibility index (Phi) is 44.2. The van der Waals surface area contributed by atoms with Gasteiger partial charge in [0.1, 0.15) is 0 Å². The molecule has 0 radical (unpaired) electrons. The number of H-pyrrole nitrogens is 3. The molecule has 0 aromatic carbocycles. The molecule has 1 heterocycles. The van der Waals surface area contributed by atoms with E-state index in [9.17, 15) is 14.4 Å². The van der Waals surface area contributed by atoms with Gasteiger partial charge in [0.2, 0.25) is 0 Å². The Hall–Kier alpha value is 2.07. The van der Waals surface area contributed by atoms with Crippen molar-refractivity contribution in [2.24, 2.45) is 0 Å². The maximum absolute atomic E-state index is 10.2. The summed E-state index contributed by atoms with van der Waals surface area (Å²) in [5.41, 5.74) is -2.41. The van der Waals surface area contributed by atoms with Crippen LogP contribution in [0.1, 0.15) is 0 Å². The van der Waals surface area contributed by atoms with Gasteiger partial charge in [-0.15, -0.1) is 0 Å². The number of aromatic amines is 3. The summed E-state index contributed by atoms with van der Waals surface area (Å²) in [6.07, 6.45) is 0. The zero-order valence-corrected chi connectivity index (χ0v) is 13.6. The van der Waals surface area contributed by atoms with E-state index in [1.165, 1.54) is 0 Å². The first-order chi connectivity index (χ1) is 4.18. The molecule has 7 nitrogen and oxygen atoms in total. The minimum absolute atomic E-state index is 0. The van der Waals surface area contributed by atoms with Crippen molar-refractivity contribution in [3.05, 3.63) is 31.5 Å². The van der Waals surface area contributed by atoms with Crippen molar-refractivity contribution in [1.82, 2.24) is 15.0 Å². The molecule has 1 aromatic rings. The SMILES string of the molecule is O=c1[nH]c(=O)[nH]c(=O)[nH]1.[Ag+].[Ag+].[Ag+].[Ag+].[Ag+].[O-2]. The summed E-state index contributed by atoms with van der Waals surface area (Å²) in [4.78, 5) is 35.9. The van der Waals surface area contributed by atoms with E-state index in [0.717, 1.165) is 0 Å². The summed E-state index contributed by atoms with van der Waals surface area (Å²) in [5, 5.41) is 0. The van der Waals surface area contributed by atoms with Crippen molar-refractivity contribution in [3.63, 3.8) is 0 Å². The molecule has 0 spiro atoms. The summed E-state index contributed by atoms with van der Waals surface area (Å²) in [6, 6.07) is 0. The topological polar surface area (TPSA) is 127 Å². The van der Waals surface area contributed by atoms with Gasteiger partial charge in [0.15, 0.2) is 0 Å². The van der Waals surface area contributed by atoms with Crippen LogP contribution in [0.5, 0.6) is 0 Å². The van der Waals surface area contributed by atoms with E-state index in [4.69, 9.17) is 0 Å². The number of aromatic nitrogens is 3. The largest absolute Gasteiger partial charge is 2.00 e. The van der Waals surface area contributed by atoms with E-state index in [-0.39, 0.29) is 117 Å². The fourth-order valence-corrected chi connectivity index (χ4v) is 0.403. The summed E-state index contributed by atoms with van der Waals surface area (Å²) < 4.78 is 0. The van der Waals surface area contributed by atoms with Crippen LogP contribution in [0.3, 0.4) is 0 Å². The van der Waals surface area contributed by atoms with Gasteiger partial charge in [0.25, 0.3) is 0 Å². The van der Waals surface area contributed by atoms with E-state index >= 15 is 0 Å². The summed E-state index contributed by atoms with van der Waals surface area (Å²) in [5.74, 6) is 0. The van der Waals surface area contributed by atoms with Crippen molar-refractivity contribution in [2.75, 3.05) is 0 Å². The van der Waals surface area contributed by atoms with Crippen LogP contribution in [-0.4, -0.2) is 15.0 Å². The molecule has 1 aromatic heterocycles. The second-order valence-electron chi connectivity index (χ2n) is 1.36. The normalized spacial score (nSPS) is 5.60. The van der Waals surface area contributed by atoms with Gasteiger partial charge in [-0.1, -0.05) is 0 Å². The Morgan fingerprint density at radius 2 is 0.667 bits per heavy atom. The molecular weight excluding hydrogens is 681 g/mol. The third-order valence-electron chi connectivity index (χ3n) is 0.681. The molecule has 0 bridgehead atoms. The fraction of sp³-hybridized carbons (Fsp3) is 0. The van der Waals surface area contributed by atoms with Gasteiger partial charge < -0.3 is 5.48 Å². The predicted molar refractivity (Wildman–Crippen MR) is 29.0 cm³/mol. The molecule has 15 heavy (non-hydrogen) atoms. The van der Waals surface area contributed by atoms with Crippen molar-refractivity contribution in [1.29, 1.82) is 0 Å². The van der Waals surface area contributed by atoms with Gasteiger partial charge in [-0.25, -0.2) is 14.4 Å². The van der Waals surface area contributed by atoms with Crippen LogP contribution in [-0.2, 0) is 117 Å². The third kappa shape index (κ3) is 16.1. The fourth-order valence-electron chi connectivity index (χ4n) is 0.403. The average molecular weight is 684 g/mol. The van der Waals surface area contributed by atoms with E-state index in [1.54, 1.807) is 15.0 Å². The van der Waals surface area contributed by atoms with Crippen molar-refractivity contribution >= 4 is 0 Å². The first-order valence-electron chi connectivity index (χ1n) is 2.11. The minimum atomic E-state index is -0.802. The average Bonchev–Trinajstić information content (AvgIpc) is 1.59. The van der Waals surface area contributed by atoms with Crippen LogP contribution in [0, 0.1) is 0 Å². The molecule has 0 saturated heterocycles. The first kappa shape index (κ1) is 36.0. The van der Waals surface area contributed by atoms with Crippen LogP contribution >= 0.6 is 0 Å². The number of rotatable bonds is 0. The Labute approximate surface area is 161 Å². The Balaban J connectivity index is -0.0000000337. The van der Waals surface area contributed by atoms with Gasteiger partial charge in [-0.2, -0.15) is 0 Å². The Morgan fingerprint density at radius 1 is 0.533 bits per heavy atom. The molecule has 0 amide bonds. The summed E-state index contributed by atoms with van der Waals surface area (Å²) in [6.45, 7) is 0. The number of hydrogen-bond donors (Lipinski definition) is 3. The van der Waals surface area contributed by atoms with E-state index in [2.05, 4.69) is 0 Å². The monoisotopic (exact) mass is 680 g/mol. The van der Waals surface area contributed by atoms with Crippen molar-refractivity contribution in [2.45, 2.75) is 0 Å². The molecule has 0 unspecified atom stereocenters. The summed E-state index contributed by atoms with van der Waals surface area (Å²) in [7, 11) is 0. The molecule has 0 saturated carbocycles. The zero-order chi connectivity index (χ0) is 6.85. The minimum Gasteiger partial charge on any atom is -2.00 e. The summed E-state index contributed by atoms with van der Waals surface area (Å²) >= 11 is 0. The molecule has 0 atom stereocenters. The van der Waals surface area contributed by atoms with Gasteiger partial charge in [-0.05, 0) is 0 Å². The van der Waals surface area contributed by atoms with Crippen LogP contribution in [0.25, 0.3) is 0 Å². The maximum atomic E-state index is 10.2. The predicted octanol–water partition coefficient (Wildman–Crippen LogP) is -2.38. The zero-order valence-electron chi connectivity index (χ0n) is 6.14. The second kappa shape index (κ2) is 18.4. The third-order valence-corrected chi connectivity index (χ3v) is 0.681. The van der Waals surface area contributed by atoms with Gasteiger partial charge >= 0.3 is 129 Å². The second-order valence-corrected chi connectivity index (χ2v) is 1.36. The van der Waals surface area contributed by atoms with Crippen LogP contribution in [0.2, 0.25) is 0 Å². The van der Waals surface area contributed by atoms with E-state index in [0.29, 0.717) is 0 Å². The number of nitrogens with one attached hydrogen (secondary N) is 3. The van der Waals surface area contributed by atoms with E-state index in [1.807, 2.05) is 0 Å². The molecule has 3 N–H and O–H groups in total. The molecule has 0 fully saturated rings. The molecule has 106 valence electrons. The quantitative estimate of drug-likeness (QED) is 0.265. The molecule has 12 heteroatoms. The maximum Gasteiger partial charge on any atom is 1.00 e.